The molecule has 104 valence electrons. The van der Waals surface area contributed by atoms with Crippen LogP contribution in [0.3, 0.4) is 0 Å². The van der Waals surface area contributed by atoms with Gasteiger partial charge >= 0.3 is 0 Å². The molecule has 0 radical (unpaired) electrons. The second kappa shape index (κ2) is 7.78. The van der Waals surface area contributed by atoms with Crippen LogP contribution in [0.2, 0.25) is 0 Å². The van der Waals surface area contributed by atoms with Crippen LogP contribution in [0.4, 0.5) is 0 Å². The highest BCUT2D eigenvalue weighted by Gasteiger charge is 2.13. The average Bonchev–Trinajstić information content (AvgIpc) is 2.47. The number of hydrogen-bond donors (Lipinski definition) is 1. The topological polar surface area (TPSA) is 29.1 Å². The molecule has 0 spiro atoms. The average molecular weight is 444 g/mol. The highest BCUT2D eigenvalue weighted by Crippen LogP contribution is 2.10. The van der Waals surface area contributed by atoms with E-state index in [0.717, 1.165) is 15.3 Å². The number of benzene rings is 2. The molecule has 20 heavy (non-hydrogen) atoms. The van der Waals surface area contributed by atoms with Crippen molar-refractivity contribution >= 4 is 44.4 Å². The third kappa shape index (κ3) is 4.59. The van der Waals surface area contributed by atoms with E-state index < -0.39 is 0 Å². The van der Waals surface area contributed by atoms with Gasteiger partial charge in [0.15, 0.2) is 0 Å². The van der Waals surface area contributed by atoms with E-state index in [1.807, 2.05) is 42.5 Å². The van der Waals surface area contributed by atoms with Crippen molar-refractivity contribution in [1.29, 1.82) is 0 Å². The molecular weight excluding hydrogens is 429 g/mol. The molecule has 4 heteroatoms. The van der Waals surface area contributed by atoms with E-state index in [1.165, 1.54) is 5.56 Å². The number of rotatable bonds is 5. The van der Waals surface area contributed by atoms with Gasteiger partial charge in [-0.05, 0) is 52.8 Å². The lowest BCUT2D eigenvalue weighted by molar-refractivity contribution is 0.0941. The molecule has 0 aliphatic rings. The smallest absolute Gasteiger partial charge is 0.251 e. The monoisotopic (exact) mass is 443 g/mol. The molecule has 1 amide bonds. The molecule has 0 saturated carbocycles. The lowest BCUT2D eigenvalue weighted by atomic mass is 10.1. The summed E-state index contributed by atoms with van der Waals surface area (Å²) in [6, 6.07) is 17.9. The van der Waals surface area contributed by atoms with Gasteiger partial charge in [0.05, 0.1) is 0 Å². The van der Waals surface area contributed by atoms with Crippen molar-refractivity contribution in [2.75, 3.05) is 5.33 Å². The van der Waals surface area contributed by atoms with Crippen molar-refractivity contribution in [3.05, 3.63) is 69.3 Å². The molecular formula is C16H15BrINO. The van der Waals surface area contributed by atoms with Gasteiger partial charge in [-0.1, -0.05) is 52.3 Å². The van der Waals surface area contributed by atoms with Gasteiger partial charge in [0.2, 0.25) is 0 Å². The lowest BCUT2D eigenvalue weighted by Gasteiger charge is -2.16. The van der Waals surface area contributed by atoms with Gasteiger partial charge in [-0.3, -0.25) is 4.79 Å². The first-order valence-corrected chi connectivity index (χ1v) is 8.55. The first-order valence-electron chi connectivity index (χ1n) is 6.35. The Labute approximate surface area is 141 Å². The Kier molecular flexibility index (Phi) is 6.04. The summed E-state index contributed by atoms with van der Waals surface area (Å²) in [5.41, 5.74) is 1.93. The number of alkyl halides is 1. The molecule has 1 atom stereocenters. The zero-order chi connectivity index (χ0) is 14.4. The second-order valence-electron chi connectivity index (χ2n) is 4.52. The highest BCUT2D eigenvalue weighted by atomic mass is 127. The zero-order valence-electron chi connectivity index (χ0n) is 10.9. The summed E-state index contributed by atoms with van der Waals surface area (Å²) in [6.45, 7) is 0. The van der Waals surface area contributed by atoms with Crippen LogP contribution in [0.15, 0.2) is 54.6 Å². The van der Waals surface area contributed by atoms with Gasteiger partial charge in [0.25, 0.3) is 5.91 Å². The number of carbonyl (C=O) groups is 1. The summed E-state index contributed by atoms with van der Waals surface area (Å²) >= 11 is 5.68. The van der Waals surface area contributed by atoms with Gasteiger partial charge in [0.1, 0.15) is 0 Å². The molecule has 0 heterocycles. The molecule has 1 N–H and O–H groups in total. The summed E-state index contributed by atoms with van der Waals surface area (Å²) < 4.78 is 1.06. The van der Waals surface area contributed by atoms with Gasteiger partial charge in [0, 0.05) is 20.5 Å². The predicted molar refractivity (Wildman–Crippen MR) is 94.4 cm³/mol. The molecule has 0 aliphatic heterocycles. The van der Waals surface area contributed by atoms with Crippen molar-refractivity contribution in [3.63, 3.8) is 0 Å². The number of amides is 1. The van der Waals surface area contributed by atoms with Crippen LogP contribution in [0, 0.1) is 3.57 Å². The lowest BCUT2D eigenvalue weighted by Crippen LogP contribution is -2.37. The Morgan fingerprint density at radius 1 is 1.15 bits per heavy atom. The SMILES string of the molecule is O=C(NC(CBr)Cc1ccccc1)c1cccc(I)c1. The van der Waals surface area contributed by atoms with Crippen LogP contribution in [0.25, 0.3) is 0 Å². The summed E-state index contributed by atoms with van der Waals surface area (Å²) in [4.78, 5) is 12.2. The molecule has 2 nitrogen and oxygen atoms in total. The van der Waals surface area contributed by atoms with Crippen molar-refractivity contribution in [2.45, 2.75) is 12.5 Å². The molecule has 0 saturated heterocycles. The van der Waals surface area contributed by atoms with Gasteiger partial charge < -0.3 is 5.32 Å². The first kappa shape index (κ1) is 15.5. The Hall–Kier alpha value is -0.880. The maximum atomic E-state index is 12.2. The van der Waals surface area contributed by atoms with Crippen LogP contribution >= 0.6 is 38.5 Å². The number of nitrogens with one attached hydrogen (secondary N) is 1. The van der Waals surface area contributed by atoms with Gasteiger partial charge in [-0.25, -0.2) is 0 Å². The summed E-state index contributed by atoms with van der Waals surface area (Å²) in [5, 5.41) is 3.80. The fourth-order valence-corrected chi connectivity index (χ4v) is 2.88. The van der Waals surface area contributed by atoms with Crippen molar-refractivity contribution < 1.29 is 4.79 Å². The van der Waals surface area contributed by atoms with E-state index >= 15 is 0 Å². The van der Waals surface area contributed by atoms with Crippen LogP contribution < -0.4 is 5.32 Å². The minimum atomic E-state index is -0.0242. The number of carbonyl (C=O) groups excluding carboxylic acids is 1. The first-order chi connectivity index (χ1) is 9.69. The van der Waals surface area contributed by atoms with E-state index in [-0.39, 0.29) is 11.9 Å². The standard InChI is InChI=1S/C16H15BrINO/c17-11-15(9-12-5-2-1-3-6-12)19-16(20)13-7-4-8-14(18)10-13/h1-8,10,15H,9,11H2,(H,19,20). The second-order valence-corrected chi connectivity index (χ2v) is 6.42. The van der Waals surface area contributed by atoms with E-state index in [2.05, 4.69) is 56.0 Å². The maximum Gasteiger partial charge on any atom is 0.251 e. The molecule has 0 bridgehead atoms. The molecule has 2 aromatic rings. The summed E-state index contributed by atoms with van der Waals surface area (Å²) in [7, 11) is 0. The Bertz CT molecular complexity index is 574. The molecule has 0 aromatic heterocycles. The Balaban J connectivity index is 2.01. The minimum absolute atomic E-state index is 0.0242. The Morgan fingerprint density at radius 2 is 1.90 bits per heavy atom. The van der Waals surface area contributed by atoms with E-state index in [1.54, 1.807) is 0 Å². The highest BCUT2D eigenvalue weighted by molar-refractivity contribution is 14.1. The largest absolute Gasteiger partial charge is 0.348 e. The fourth-order valence-electron chi connectivity index (χ4n) is 1.94. The number of hydrogen-bond acceptors (Lipinski definition) is 1. The number of halogens is 2. The van der Waals surface area contributed by atoms with E-state index in [0.29, 0.717) is 5.56 Å². The molecule has 0 aliphatic carbocycles. The minimum Gasteiger partial charge on any atom is -0.348 e. The molecule has 0 fully saturated rings. The molecule has 1 unspecified atom stereocenters. The Morgan fingerprint density at radius 3 is 2.55 bits per heavy atom. The van der Waals surface area contributed by atoms with Crippen molar-refractivity contribution in [2.24, 2.45) is 0 Å². The van der Waals surface area contributed by atoms with Gasteiger partial charge in [-0.2, -0.15) is 0 Å². The molecule has 2 rings (SSSR count). The quantitative estimate of drug-likeness (QED) is 0.548. The van der Waals surface area contributed by atoms with Crippen LogP contribution in [0.1, 0.15) is 15.9 Å². The van der Waals surface area contributed by atoms with Crippen LogP contribution in [-0.2, 0) is 6.42 Å². The van der Waals surface area contributed by atoms with E-state index in [9.17, 15) is 4.79 Å². The van der Waals surface area contributed by atoms with Crippen molar-refractivity contribution in [3.8, 4) is 0 Å². The van der Waals surface area contributed by atoms with Gasteiger partial charge in [-0.15, -0.1) is 0 Å². The van der Waals surface area contributed by atoms with Crippen molar-refractivity contribution in [1.82, 2.24) is 5.32 Å². The zero-order valence-corrected chi connectivity index (χ0v) is 14.6. The normalized spacial score (nSPS) is 11.9. The van der Waals surface area contributed by atoms with E-state index in [4.69, 9.17) is 0 Å². The fraction of sp³-hybridized carbons (Fsp3) is 0.188. The molecule has 2 aromatic carbocycles. The third-order valence-corrected chi connectivity index (χ3v) is 4.39. The van der Waals surface area contributed by atoms with Crippen LogP contribution in [-0.4, -0.2) is 17.3 Å². The third-order valence-electron chi connectivity index (χ3n) is 2.93. The predicted octanol–water partition coefficient (Wildman–Crippen LogP) is 4.03. The summed E-state index contributed by atoms with van der Waals surface area (Å²) in [5.74, 6) is -0.0242. The summed E-state index contributed by atoms with van der Waals surface area (Å²) in [6.07, 6.45) is 0.821. The van der Waals surface area contributed by atoms with Crippen LogP contribution in [0.5, 0.6) is 0 Å². The maximum absolute atomic E-state index is 12.2.